The molecule has 3 heterocycles. The Morgan fingerprint density at radius 3 is 2.60 bits per heavy atom. The van der Waals surface area contributed by atoms with Crippen molar-refractivity contribution in [1.82, 2.24) is 5.32 Å². The third-order valence-corrected chi connectivity index (χ3v) is 11.3. The second-order valence-corrected chi connectivity index (χ2v) is 14.2. The molecule has 9 nitrogen and oxygen atoms in total. The summed E-state index contributed by atoms with van der Waals surface area (Å²) in [5.74, 6) is -0.502. The summed E-state index contributed by atoms with van der Waals surface area (Å²) in [7, 11) is 0. The van der Waals surface area contributed by atoms with Crippen LogP contribution >= 0.6 is 0 Å². The normalized spacial score (nSPS) is 43.4. The number of fused-ring (bicyclic) bond motifs is 2. The van der Waals surface area contributed by atoms with E-state index in [4.69, 9.17) is 19.9 Å². The number of aliphatic hydroxyl groups excluding tert-OH is 2. The van der Waals surface area contributed by atoms with E-state index in [2.05, 4.69) is 12.2 Å². The Balaban J connectivity index is 1.44. The highest BCUT2D eigenvalue weighted by Gasteiger charge is 2.61. The van der Waals surface area contributed by atoms with Gasteiger partial charge in [-0.15, -0.1) is 0 Å². The van der Waals surface area contributed by atoms with Crippen molar-refractivity contribution < 1.29 is 34.0 Å². The highest BCUT2D eigenvalue weighted by Crippen LogP contribution is 2.52. The molecule has 5 N–H and O–H groups in total. The van der Waals surface area contributed by atoms with E-state index in [1.807, 2.05) is 6.92 Å². The van der Waals surface area contributed by atoms with Gasteiger partial charge in [0.25, 0.3) is 0 Å². The van der Waals surface area contributed by atoms with Gasteiger partial charge in [-0.1, -0.05) is 38.2 Å². The van der Waals surface area contributed by atoms with E-state index in [1.54, 1.807) is 13.0 Å². The number of ketones is 1. The molecule has 5 rings (SSSR count). The van der Waals surface area contributed by atoms with Crippen LogP contribution in [-0.2, 0) is 23.8 Å². The number of Topliss-reactive ketones (excluding diaryl/α,β-unsaturated/α-hetero) is 1. The lowest BCUT2D eigenvalue weighted by Gasteiger charge is -2.58. The van der Waals surface area contributed by atoms with Crippen molar-refractivity contribution in [2.75, 3.05) is 13.2 Å². The van der Waals surface area contributed by atoms with Gasteiger partial charge in [0.15, 0.2) is 0 Å². The Bertz CT molecular complexity index is 975. The van der Waals surface area contributed by atoms with Crippen molar-refractivity contribution in [3.63, 3.8) is 0 Å². The van der Waals surface area contributed by atoms with E-state index in [1.165, 1.54) is 19.3 Å². The summed E-state index contributed by atoms with van der Waals surface area (Å²) in [6.07, 6.45) is 9.95. The van der Waals surface area contributed by atoms with Crippen LogP contribution in [0.1, 0.15) is 97.8 Å². The molecule has 42 heavy (non-hydrogen) atoms. The van der Waals surface area contributed by atoms with Gasteiger partial charge in [0, 0.05) is 23.8 Å². The minimum atomic E-state index is -0.952. The van der Waals surface area contributed by atoms with Crippen LogP contribution in [-0.4, -0.2) is 77.4 Å². The van der Waals surface area contributed by atoms with E-state index in [-0.39, 0.29) is 48.9 Å². The Morgan fingerprint density at radius 1 is 1.17 bits per heavy atom. The smallest absolute Gasteiger partial charge is 0.333 e. The van der Waals surface area contributed by atoms with Gasteiger partial charge in [-0.2, -0.15) is 0 Å². The van der Waals surface area contributed by atoms with Gasteiger partial charge in [0.05, 0.1) is 43.1 Å². The summed E-state index contributed by atoms with van der Waals surface area (Å²) in [6, 6.07) is 0. The molecule has 0 radical (unpaired) electrons. The fraction of sp³-hybridized carbons (Fsp3) is 0.879. The van der Waals surface area contributed by atoms with Crippen LogP contribution in [0, 0.1) is 29.6 Å². The van der Waals surface area contributed by atoms with Crippen molar-refractivity contribution in [2.45, 2.75) is 140 Å². The number of piperidine rings is 1. The molecule has 5 fully saturated rings. The summed E-state index contributed by atoms with van der Waals surface area (Å²) in [6.45, 7) is 6.28. The molecule has 0 amide bonds. The average molecular weight is 591 g/mol. The Labute approximate surface area is 251 Å². The Kier molecular flexibility index (Phi) is 10.5. The first kappa shape index (κ1) is 32.0. The maximum Gasteiger partial charge on any atom is 0.333 e. The largest absolute Gasteiger partial charge is 0.456 e. The van der Waals surface area contributed by atoms with Gasteiger partial charge in [0.1, 0.15) is 17.5 Å². The summed E-state index contributed by atoms with van der Waals surface area (Å²) in [5.41, 5.74) is 5.85. The monoisotopic (exact) mass is 590 g/mol. The van der Waals surface area contributed by atoms with Crippen molar-refractivity contribution >= 4 is 11.8 Å². The van der Waals surface area contributed by atoms with E-state index >= 15 is 0 Å². The molecule has 5 aliphatic rings. The van der Waals surface area contributed by atoms with Crippen LogP contribution in [0.5, 0.6) is 0 Å². The zero-order valence-corrected chi connectivity index (χ0v) is 25.8. The predicted octanol–water partition coefficient (Wildman–Crippen LogP) is 3.39. The third kappa shape index (κ3) is 6.81. The molecule has 0 spiro atoms. The second kappa shape index (κ2) is 13.7. The molecule has 0 aromatic heterocycles. The molecule has 0 aromatic carbocycles. The molecule has 3 saturated heterocycles. The van der Waals surface area contributed by atoms with Gasteiger partial charge in [-0.05, 0) is 77.7 Å². The number of rotatable bonds is 8. The number of esters is 1. The molecule has 3 aliphatic heterocycles. The number of aliphatic hydroxyl groups is 2. The highest BCUT2D eigenvalue weighted by atomic mass is 16.6. The minimum Gasteiger partial charge on any atom is -0.456 e. The van der Waals surface area contributed by atoms with E-state index in [0.717, 1.165) is 45.1 Å². The van der Waals surface area contributed by atoms with E-state index < -0.39 is 35.9 Å². The summed E-state index contributed by atoms with van der Waals surface area (Å²) in [5, 5.41) is 25.1. The number of allylic oxidation sites excluding steroid dienone is 1. The molecule has 2 aliphatic carbocycles. The first-order valence-electron chi connectivity index (χ1n) is 16.6. The van der Waals surface area contributed by atoms with Gasteiger partial charge < -0.3 is 35.5 Å². The summed E-state index contributed by atoms with van der Waals surface area (Å²) in [4.78, 5) is 26.5. The summed E-state index contributed by atoms with van der Waals surface area (Å²) >= 11 is 0. The second-order valence-electron chi connectivity index (χ2n) is 14.2. The van der Waals surface area contributed by atoms with E-state index in [0.29, 0.717) is 30.3 Å². The van der Waals surface area contributed by atoms with Crippen molar-refractivity contribution in [1.29, 1.82) is 0 Å². The molecule has 11 atom stereocenters. The van der Waals surface area contributed by atoms with Gasteiger partial charge in [-0.25, -0.2) is 4.79 Å². The van der Waals surface area contributed by atoms with Crippen LogP contribution in [0.25, 0.3) is 0 Å². The zero-order valence-electron chi connectivity index (χ0n) is 25.8. The Hall–Kier alpha value is -1.36. The van der Waals surface area contributed by atoms with Crippen LogP contribution in [0.3, 0.4) is 0 Å². The predicted molar refractivity (Wildman–Crippen MR) is 158 cm³/mol. The Morgan fingerprint density at radius 2 is 1.93 bits per heavy atom. The van der Waals surface area contributed by atoms with Crippen LogP contribution in [0.15, 0.2) is 11.6 Å². The molecule has 0 aromatic rings. The van der Waals surface area contributed by atoms with Gasteiger partial charge in [-0.3, -0.25) is 4.79 Å². The standard InChI is InChI=1S/C33H54N2O7/c1-4-19(2)32(39)41-26-16-23-29(38)28-25(37)15-22(18-36)40-31(28)24(14-20-8-6-5-7-9-20)30(23)42-33(26,3)13-12-21-10-11-27(34)35-17-21/h4,20-24,26-31,35-36,38H,5-18,34H2,1-3H3. The van der Waals surface area contributed by atoms with Crippen LogP contribution in [0.4, 0.5) is 0 Å². The first-order chi connectivity index (χ1) is 20.1. The number of ether oxygens (including phenoxy) is 3. The zero-order chi connectivity index (χ0) is 30.0. The summed E-state index contributed by atoms with van der Waals surface area (Å²) < 4.78 is 19.7. The minimum absolute atomic E-state index is 0.0409. The molecule has 238 valence electrons. The number of hydrogen-bond donors (Lipinski definition) is 4. The van der Waals surface area contributed by atoms with E-state index in [9.17, 15) is 19.8 Å². The van der Waals surface area contributed by atoms with Gasteiger partial charge in [0.2, 0.25) is 0 Å². The number of nitrogens with one attached hydrogen (secondary N) is 1. The van der Waals surface area contributed by atoms with Crippen molar-refractivity contribution in [2.24, 2.45) is 35.3 Å². The van der Waals surface area contributed by atoms with Crippen LogP contribution in [0.2, 0.25) is 0 Å². The third-order valence-electron chi connectivity index (χ3n) is 11.3. The maximum absolute atomic E-state index is 13.4. The molecule has 0 bridgehead atoms. The number of carbonyl (C=O) groups excluding carboxylic acids is 2. The number of nitrogens with two attached hydrogens (primary N) is 1. The highest BCUT2D eigenvalue weighted by molar-refractivity contribution is 5.87. The quantitative estimate of drug-likeness (QED) is 0.247. The number of hydrogen-bond acceptors (Lipinski definition) is 9. The lowest BCUT2D eigenvalue weighted by atomic mass is 9.60. The molecule has 9 heteroatoms. The van der Waals surface area contributed by atoms with Crippen LogP contribution < -0.4 is 11.1 Å². The average Bonchev–Trinajstić information content (AvgIpc) is 2.99. The first-order valence-corrected chi connectivity index (χ1v) is 16.6. The number of carbonyl (C=O) groups is 2. The molecule has 2 saturated carbocycles. The fourth-order valence-electron chi connectivity index (χ4n) is 8.54. The lowest BCUT2D eigenvalue weighted by molar-refractivity contribution is -0.286. The lowest BCUT2D eigenvalue weighted by Crippen LogP contribution is -2.67. The fourth-order valence-corrected chi connectivity index (χ4v) is 8.54. The topological polar surface area (TPSA) is 140 Å². The maximum atomic E-state index is 13.4. The van der Waals surface area contributed by atoms with Crippen molar-refractivity contribution in [3.05, 3.63) is 11.6 Å². The van der Waals surface area contributed by atoms with Crippen molar-refractivity contribution in [3.8, 4) is 0 Å². The molecular formula is C33H54N2O7. The molecule has 11 unspecified atom stereocenters. The molecular weight excluding hydrogens is 536 g/mol. The SMILES string of the molecule is CC=C(C)C(=O)OC1CC2C(O)C3C(=O)CC(CO)OC3C(CC3CCCCC3)C2OC1(C)CCC1CCC(N)NC1. The van der Waals surface area contributed by atoms with Gasteiger partial charge >= 0.3 is 5.97 Å².